The van der Waals surface area contributed by atoms with Gasteiger partial charge in [0.25, 0.3) is 0 Å². The number of unbranched alkanes of at least 4 members (excludes halogenated alkanes) is 1. The molecule has 0 aromatic carbocycles. The van der Waals surface area contributed by atoms with E-state index in [-0.39, 0.29) is 0 Å². The van der Waals surface area contributed by atoms with E-state index in [0.717, 1.165) is 11.8 Å². The van der Waals surface area contributed by atoms with Gasteiger partial charge in [-0.15, -0.1) is 0 Å². The average molecular weight is 149 g/mol. The van der Waals surface area contributed by atoms with Crippen molar-refractivity contribution in [3.05, 3.63) is 18.1 Å². The lowest BCUT2D eigenvalue weighted by atomic mass is 9.94. The van der Waals surface area contributed by atoms with Crippen molar-refractivity contribution in [3.8, 4) is 0 Å². The fourth-order valence-corrected chi connectivity index (χ4v) is 2.62. The monoisotopic (exact) mass is 149 g/mol. The molecular weight excluding hydrogens is 132 g/mol. The summed E-state index contributed by atoms with van der Waals surface area (Å²) in [7, 11) is 0. The van der Waals surface area contributed by atoms with E-state index in [0.29, 0.717) is 0 Å². The second-order valence-corrected chi connectivity index (χ2v) is 4.00. The Hall–Kier alpha value is -0.260. The molecule has 0 amide bonds. The average Bonchev–Trinajstić information content (AvgIpc) is 2.60. The molecule has 2 fully saturated rings. The van der Waals surface area contributed by atoms with Gasteiger partial charge in [0, 0.05) is 0 Å². The Balaban J connectivity index is 1.96. The van der Waals surface area contributed by atoms with Crippen LogP contribution in [-0.2, 0) is 0 Å². The number of hydrogen-bond acceptors (Lipinski definition) is 0. The molecule has 0 aliphatic heterocycles. The Kier molecular flexibility index (Phi) is 2.02. The zero-order chi connectivity index (χ0) is 7.68. The molecule has 2 saturated carbocycles. The molecule has 0 nitrogen and oxygen atoms in total. The second-order valence-electron chi connectivity index (χ2n) is 4.00. The molecule has 0 saturated heterocycles. The van der Waals surface area contributed by atoms with Crippen LogP contribution >= 0.6 is 0 Å². The molecule has 61 valence electrons. The summed E-state index contributed by atoms with van der Waals surface area (Å²) in [6.07, 6.45) is 11.8. The van der Waals surface area contributed by atoms with Crippen molar-refractivity contribution in [2.75, 3.05) is 0 Å². The van der Waals surface area contributed by atoms with Gasteiger partial charge in [0.1, 0.15) is 0 Å². The van der Waals surface area contributed by atoms with Crippen LogP contribution in [0.4, 0.5) is 0 Å². The minimum atomic E-state index is 1.000. The Morgan fingerprint density at radius 1 is 1.45 bits per heavy atom. The highest BCUT2D eigenvalue weighted by Crippen LogP contribution is 2.47. The third kappa shape index (κ3) is 1.36. The van der Waals surface area contributed by atoms with Crippen LogP contribution in [0.2, 0.25) is 0 Å². The third-order valence-corrected chi connectivity index (χ3v) is 3.21. The Morgan fingerprint density at radius 3 is 2.91 bits per heavy atom. The molecule has 2 unspecified atom stereocenters. The van der Waals surface area contributed by atoms with Gasteiger partial charge < -0.3 is 0 Å². The van der Waals surface area contributed by atoms with Gasteiger partial charge in [-0.05, 0) is 50.4 Å². The van der Waals surface area contributed by atoms with Crippen molar-refractivity contribution in [2.45, 2.75) is 39.0 Å². The van der Waals surface area contributed by atoms with Crippen molar-refractivity contribution in [1.29, 1.82) is 0 Å². The van der Waals surface area contributed by atoms with Crippen molar-refractivity contribution in [1.82, 2.24) is 0 Å². The SMILES string of the molecule is C[CH]CC=C1CC2CCC1C2. The molecule has 2 rings (SSSR count). The maximum Gasteiger partial charge on any atom is -0.0200 e. The van der Waals surface area contributed by atoms with Crippen LogP contribution < -0.4 is 0 Å². The summed E-state index contributed by atoms with van der Waals surface area (Å²) in [6, 6.07) is 0. The van der Waals surface area contributed by atoms with Crippen LogP contribution in [0.5, 0.6) is 0 Å². The van der Waals surface area contributed by atoms with Gasteiger partial charge in [-0.3, -0.25) is 0 Å². The summed E-state index contributed by atoms with van der Waals surface area (Å²) in [4.78, 5) is 0. The topological polar surface area (TPSA) is 0 Å². The third-order valence-electron chi connectivity index (χ3n) is 3.21. The standard InChI is InChI=1S/C11H17/c1-2-3-4-10-7-9-5-6-11(10)8-9/h2,4,9,11H,3,5-8H2,1H3. The van der Waals surface area contributed by atoms with E-state index in [2.05, 4.69) is 19.4 Å². The maximum absolute atomic E-state index is 2.46. The van der Waals surface area contributed by atoms with Gasteiger partial charge in [0.2, 0.25) is 0 Å². The first-order valence-corrected chi connectivity index (χ1v) is 4.87. The molecule has 0 aromatic heterocycles. The maximum atomic E-state index is 2.46. The van der Waals surface area contributed by atoms with E-state index in [1.165, 1.54) is 32.1 Å². The van der Waals surface area contributed by atoms with Crippen LogP contribution in [0.3, 0.4) is 0 Å². The van der Waals surface area contributed by atoms with E-state index in [4.69, 9.17) is 0 Å². The smallest absolute Gasteiger partial charge is 0.0200 e. The second kappa shape index (κ2) is 3.00. The van der Waals surface area contributed by atoms with Crippen LogP contribution in [-0.4, -0.2) is 0 Å². The van der Waals surface area contributed by atoms with Crippen LogP contribution in [0.25, 0.3) is 0 Å². The zero-order valence-electron chi connectivity index (χ0n) is 7.34. The van der Waals surface area contributed by atoms with E-state index < -0.39 is 0 Å². The summed E-state index contributed by atoms with van der Waals surface area (Å²) < 4.78 is 0. The predicted octanol–water partition coefficient (Wildman–Crippen LogP) is 3.35. The van der Waals surface area contributed by atoms with Gasteiger partial charge in [-0.25, -0.2) is 0 Å². The molecule has 0 heterocycles. The summed E-state index contributed by atoms with van der Waals surface area (Å²) >= 11 is 0. The Bertz CT molecular complexity index is 167. The zero-order valence-corrected chi connectivity index (χ0v) is 7.34. The molecule has 2 bridgehead atoms. The molecule has 2 aliphatic rings. The highest BCUT2D eigenvalue weighted by atomic mass is 14.4. The molecule has 11 heavy (non-hydrogen) atoms. The summed E-state index contributed by atoms with van der Waals surface area (Å²) in [5.74, 6) is 2.07. The molecule has 0 aromatic rings. The number of rotatable bonds is 2. The lowest BCUT2D eigenvalue weighted by molar-refractivity contribution is 0.559. The van der Waals surface area contributed by atoms with Crippen LogP contribution in [0.15, 0.2) is 11.6 Å². The van der Waals surface area contributed by atoms with E-state index in [1.807, 2.05) is 0 Å². The minimum absolute atomic E-state index is 1.000. The highest BCUT2D eigenvalue weighted by molar-refractivity contribution is 5.17. The normalized spacial score (nSPS) is 38.8. The van der Waals surface area contributed by atoms with Gasteiger partial charge in [0.05, 0.1) is 0 Å². The number of allylic oxidation sites excluding steroid dienone is 2. The van der Waals surface area contributed by atoms with Crippen molar-refractivity contribution in [3.63, 3.8) is 0 Å². The van der Waals surface area contributed by atoms with Crippen LogP contribution in [0, 0.1) is 18.3 Å². The fraction of sp³-hybridized carbons (Fsp3) is 0.727. The first-order valence-electron chi connectivity index (χ1n) is 4.87. The van der Waals surface area contributed by atoms with Gasteiger partial charge in [0.15, 0.2) is 0 Å². The molecule has 2 atom stereocenters. The lowest BCUT2D eigenvalue weighted by Crippen LogP contribution is -1.97. The van der Waals surface area contributed by atoms with E-state index in [9.17, 15) is 0 Å². The van der Waals surface area contributed by atoms with E-state index in [1.54, 1.807) is 5.57 Å². The summed E-state index contributed by atoms with van der Waals surface area (Å²) in [5, 5.41) is 0. The molecule has 2 aliphatic carbocycles. The first-order chi connectivity index (χ1) is 5.40. The summed E-state index contributed by atoms with van der Waals surface area (Å²) in [6.45, 7) is 2.14. The quantitative estimate of drug-likeness (QED) is 0.528. The van der Waals surface area contributed by atoms with Crippen molar-refractivity contribution in [2.24, 2.45) is 11.8 Å². The van der Waals surface area contributed by atoms with E-state index >= 15 is 0 Å². The van der Waals surface area contributed by atoms with Gasteiger partial charge in [-0.1, -0.05) is 18.6 Å². The minimum Gasteiger partial charge on any atom is -0.0848 e. The predicted molar refractivity (Wildman–Crippen MR) is 48.1 cm³/mol. The number of hydrogen-bond donors (Lipinski definition) is 0. The molecular formula is C11H17. The molecule has 0 N–H and O–H groups in total. The molecule has 0 heteroatoms. The largest absolute Gasteiger partial charge is 0.0848 e. The van der Waals surface area contributed by atoms with Crippen molar-refractivity contribution >= 4 is 0 Å². The lowest BCUT2D eigenvalue weighted by Gasteiger charge is -2.12. The highest BCUT2D eigenvalue weighted by Gasteiger charge is 2.34. The first kappa shape index (κ1) is 7.39. The van der Waals surface area contributed by atoms with Crippen LogP contribution in [0.1, 0.15) is 39.0 Å². The number of fused-ring (bicyclic) bond motifs is 2. The van der Waals surface area contributed by atoms with Crippen molar-refractivity contribution < 1.29 is 0 Å². The van der Waals surface area contributed by atoms with Gasteiger partial charge >= 0.3 is 0 Å². The van der Waals surface area contributed by atoms with Gasteiger partial charge in [-0.2, -0.15) is 0 Å². The summed E-state index contributed by atoms with van der Waals surface area (Å²) in [5.41, 5.74) is 1.78. The molecule has 1 radical (unpaired) electrons. The Labute approximate surface area is 69.7 Å². The Morgan fingerprint density at radius 2 is 2.36 bits per heavy atom. The molecule has 0 spiro atoms. The fourth-order valence-electron chi connectivity index (χ4n) is 2.62.